The minimum atomic E-state index is 0.265. The van der Waals surface area contributed by atoms with Gasteiger partial charge in [-0.05, 0) is 0 Å². The van der Waals surface area contributed by atoms with Crippen LogP contribution in [0, 0.1) is 0 Å². The summed E-state index contributed by atoms with van der Waals surface area (Å²) >= 11 is 0.265. The molecule has 0 aliphatic heterocycles. The third kappa shape index (κ3) is 3.76. The summed E-state index contributed by atoms with van der Waals surface area (Å²) in [6.45, 7) is 0.844. The van der Waals surface area contributed by atoms with E-state index < -0.39 is 0 Å². The number of fused-ring (bicyclic) bond motifs is 1. The summed E-state index contributed by atoms with van der Waals surface area (Å²) in [5.74, 6) is 0. The second kappa shape index (κ2) is 7.56. The molecular formula is C23H19NSe. The van der Waals surface area contributed by atoms with Gasteiger partial charge in [-0.15, -0.1) is 0 Å². The first kappa shape index (κ1) is 16.0. The maximum absolute atomic E-state index is 3.66. The Kier molecular flexibility index (Phi) is 4.83. The first-order valence-electron chi connectivity index (χ1n) is 8.42. The fourth-order valence-corrected chi connectivity index (χ4v) is 5.15. The molecule has 4 rings (SSSR count). The second-order valence-corrected chi connectivity index (χ2v) is 8.19. The van der Waals surface area contributed by atoms with Gasteiger partial charge in [0.25, 0.3) is 0 Å². The molecule has 1 N–H and O–H groups in total. The molecule has 0 aliphatic rings. The van der Waals surface area contributed by atoms with Crippen LogP contribution in [0.2, 0.25) is 0 Å². The van der Waals surface area contributed by atoms with Crippen LogP contribution in [-0.2, 0) is 6.54 Å². The number of nitrogens with one attached hydrogen (secondary N) is 1. The first-order chi connectivity index (χ1) is 12.4. The van der Waals surface area contributed by atoms with E-state index in [-0.39, 0.29) is 15.0 Å². The summed E-state index contributed by atoms with van der Waals surface area (Å²) in [7, 11) is 0. The van der Waals surface area contributed by atoms with E-state index in [4.69, 9.17) is 0 Å². The maximum atomic E-state index is 3.66. The van der Waals surface area contributed by atoms with E-state index >= 15 is 0 Å². The van der Waals surface area contributed by atoms with Crippen molar-refractivity contribution in [1.82, 2.24) is 0 Å². The molecule has 0 spiro atoms. The fourth-order valence-electron chi connectivity index (χ4n) is 2.89. The normalized spacial score (nSPS) is 10.7. The Bertz CT molecular complexity index is 965. The molecular weight excluding hydrogens is 369 g/mol. The van der Waals surface area contributed by atoms with E-state index in [1.807, 2.05) is 0 Å². The zero-order valence-corrected chi connectivity index (χ0v) is 15.6. The van der Waals surface area contributed by atoms with E-state index in [1.165, 1.54) is 30.9 Å². The van der Waals surface area contributed by atoms with Crippen molar-refractivity contribution >= 4 is 40.3 Å². The summed E-state index contributed by atoms with van der Waals surface area (Å²) < 4.78 is 2.82. The van der Waals surface area contributed by atoms with E-state index in [2.05, 4.69) is 102 Å². The van der Waals surface area contributed by atoms with Gasteiger partial charge in [0.05, 0.1) is 0 Å². The van der Waals surface area contributed by atoms with Crippen LogP contribution in [0.1, 0.15) is 5.56 Å². The molecule has 0 heterocycles. The van der Waals surface area contributed by atoms with Gasteiger partial charge < -0.3 is 0 Å². The van der Waals surface area contributed by atoms with Gasteiger partial charge in [0, 0.05) is 0 Å². The Morgan fingerprint density at radius 2 is 1.32 bits per heavy atom. The predicted molar refractivity (Wildman–Crippen MR) is 109 cm³/mol. The Morgan fingerprint density at radius 3 is 2.12 bits per heavy atom. The Labute approximate surface area is 154 Å². The van der Waals surface area contributed by atoms with Gasteiger partial charge >= 0.3 is 155 Å². The molecule has 4 aromatic rings. The quantitative estimate of drug-likeness (QED) is 0.508. The van der Waals surface area contributed by atoms with E-state index in [1.54, 1.807) is 0 Å². The Hall–Kier alpha value is -2.54. The number of rotatable bonds is 5. The molecule has 1 nitrogen and oxygen atoms in total. The van der Waals surface area contributed by atoms with Gasteiger partial charge in [0.15, 0.2) is 0 Å². The molecule has 122 valence electrons. The van der Waals surface area contributed by atoms with Gasteiger partial charge in [-0.25, -0.2) is 0 Å². The van der Waals surface area contributed by atoms with Crippen LogP contribution in [-0.4, -0.2) is 15.0 Å². The molecule has 0 aliphatic carbocycles. The van der Waals surface area contributed by atoms with Crippen LogP contribution in [0.25, 0.3) is 10.8 Å². The summed E-state index contributed by atoms with van der Waals surface area (Å²) in [4.78, 5) is 0. The predicted octanol–water partition coefficient (Wildman–Crippen LogP) is 4.11. The molecule has 0 aromatic heterocycles. The fraction of sp³-hybridized carbons (Fsp3) is 0.0435. The Morgan fingerprint density at radius 1 is 0.640 bits per heavy atom. The van der Waals surface area contributed by atoms with Crippen molar-refractivity contribution in [3.8, 4) is 0 Å². The average Bonchev–Trinajstić information content (AvgIpc) is 2.69. The molecule has 0 bridgehead atoms. The topological polar surface area (TPSA) is 12.0 Å². The first-order valence-corrected chi connectivity index (χ1v) is 10.1. The summed E-state index contributed by atoms with van der Waals surface area (Å²) in [5.41, 5.74) is 2.54. The summed E-state index contributed by atoms with van der Waals surface area (Å²) in [6, 6.07) is 34.5. The summed E-state index contributed by atoms with van der Waals surface area (Å²) in [5, 5.41) is 6.31. The van der Waals surface area contributed by atoms with Crippen LogP contribution in [0.15, 0.2) is 97.1 Å². The molecule has 0 atom stereocenters. The van der Waals surface area contributed by atoms with Crippen LogP contribution < -0.4 is 14.2 Å². The van der Waals surface area contributed by atoms with Crippen molar-refractivity contribution in [3.05, 3.63) is 103 Å². The van der Waals surface area contributed by atoms with E-state index in [0.29, 0.717) is 0 Å². The van der Waals surface area contributed by atoms with Gasteiger partial charge in [-0.1, -0.05) is 0 Å². The molecule has 0 saturated heterocycles. The van der Waals surface area contributed by atoms with Gasteiger partial charge in [-0.3, -0.25) is 0 Å². The van der Waals surface area contributed by atoms with Crippen molar-refractivity contribution in [2.75, 3.05) is 5.32 Å². The number of hydrogen-bond donors (Lipinski definition) is 1. The average molecular weight is 388 g/mol. The number of hydrogen-bond acceptors (Lipinski definition) is 1. The SMILES string of the molecule is c1ccc(CNc2ccc3ccccc3c2[Se]c2ccccc2)cc1. The molecule has 0 fully saturated rings. The van der Waals surface area contributed by atoms with Crippen LogP contribution in [0.4, 0.5) is 5.69 Å². The molecule has 0 saturated carbocycles. The Balaban J connectivity index is 1.71. The molecule has 0 amide bonds. The number of anilines is 1. The van der Waals surface area contributed by atoms with Crippen LogP contribution in [0.5, 0.6) is 0 Å². The standard InChI is InChI=1S/C23H19NSe/c1-3-9-18(10-4-1)17-24-22-16-15-19-11-7-8-14-21(19)23(22)25-20-12-5-2-6-13-20/h1-16,24H,17H2. The third-order valence-electron chi connectivity index (χ3n) is 4.17. The van der Waals surface area contributed by atoms with E-state index in [9.17, 15) is 0 Å². The molecule has 2 heteroatoms. The van der Waals surface area contributed by atoms with Crippen LogP contribution >= 0.6 is 0 Å². The van der Waals surface area contributed by atoms with Gasteiger partial charge in [-0.2, -0.15) is 0 Å². The minimum absolute atomic E-state index is 0.265. The van der Waals surface area contributed by atoms with Crippen molar-refractivity contribution in [2.24, 2.45) is 0 Å². The van der Waals surface area contributed by atoms with Gasteiger partial charge in [0.1, 0.15) is 0 Å². The summed E-state index contributed by atoms with van der Waals surface area (Å²) in [6.07, 6.45) is 0. The molecule has 0 unspecified atom stereocenters. The van der Waals surface area contributed by atoms with Gasteiger partial charge in [0.2, 0.25) is 0 Å². The zero-order valence-electron chi connectivity index (χ0n) is 13.9. The van der Waals surface area contributed by atoms with Crippen LogP contribution in [0.3, 0.4) is 0 Å². The zero-order chi connectivity index (χ0) is 16.9. The molecule has 0 radical (unpaired) electrons. The van der Waals surface area contributed by atoms with Crippen molar-refractivity contribution in [2.45, 2.75) is 6.54 Å². The van der Waals surface area contributed by atoms with Crippen molar-refractivity contribution < 1.29 is 0 Å². The second-order valence-electron chi connectivity index (χ2n) is 5.92. The third-order valence-corrected chi connectivity index (χ3v) is 6.59. The number of benzene rings is 4. The molecule has 25 heavy (non-hydrogen) atoms. The van der Waals surface area contributed by atoms with E-state index in [0.717, 1.165) is 6.54 Å². The van der Waals surface area contributed by atoms with Crippen molar-refractivity contribution in [1.29, 1.82) is 0 Å². The molecule has 4 aromatic carbocycles. The van der Waals surface area contributed by atoms with Crippen molar-refractivity contribution in [3.63, 3.8) is 0 Å². The monoisotopic (exact) mass is 389 g/mol.